The number of alkyl halides is 3. The lowest BCUT2D eigenvalue weighted by atomic mass is 10.1. The topological polar surface area (TPSA) is 70.6 Å². The van der Waals surface area contributed by atoms with Crippen LogP contribution in [0.5, 0.6) is 0 Å². The Bertz CT molecular complexity index is 538. The van der Waals surface area contributed by atoms with E-state index < -0.39 is 17.5 Å². The van der Waals surface area contributed by atoms with Gasteiger partial charge in [0.1, 0.15) is 11.4 Å². The van der Waals surface area contributed by atoms with Crippen molar-refractivity contribution in [3.8, 4) is 0 Å². The van der Waals surface area contributed by atoms with E-state index in [0.29, 0.717) is 5.56 Å². The number of rotatable bonds is 4. The van der Waals surface area contributed by atoms with Gasteiger partial charge in [0.25, 0.3) is 0 Å². The van der Waals surface area contributed by atoms with Crippen LogP contribution in [-0.2, 0) is 6.54 Å². The number of halogens is 4. The van der Waals surface area contributed by atoms with Crippen molar-refractivity contribution in [1.82, 2.24) is 5.32 Å². The van der Waals surface area contributed by atoms with Crippen molar-refractivity contribution in [3.63, 3.8) is 0 Å². The van der Waals surface area contributed by atoms with Gasteiger partial charge in [-0.3, -0.25) is 5.32 Å². The third-order valence-corrected chi connectivity index (χ3v) is 3.28. The highest BCUT2D eigenvalue weighted by Gasteiger charge is 2.62. The Morgan fingerprint density at radius 3 is 2.50 bits per heavy atom. The third-order valence-electron chi connectivity index (χ3n) is 3.28. The fraction of sp³-hybridized carbons (Fsp3) is 0.417. The first-order valence-corrected chi connectivity index (χ1v) is 5.86. The third kappa shape index (κ3) is 2.84. The zero-order valence-electron chi connectivity index (χ0n) is 10.3. The van der Waals surface area contributed by atoms with Gasteiger partial charge in [0.15, 0.2) is 5.84 Å². The second-order valence-electron chi connectivity index (χ2n) is 4.77. The van der Waals surface area contributed by atoms with Crippen LogP contribution in [0.15, 0.2) is 23.4 Å². The van der Waals surface area contributed by atoms with E-state index >= 15 is 0 Å². The first-order valence-electron chi connectivity index (χ1n) is 5.86. The van der Waals surface area contributed by atoms with Crippen molar-refractivity contribution in [1.29, 1.82) is 0 Å². The summed E-state index contributed by atoms with van der Waals surface area (Å²) in [4.78, 5) is 0. The molecule has 1 aromatic carbocycles. The molecule has 0 atom stereocenters. The minimum atomic E-state index is -4.32. The van der Waals surface area contributed by atoms with E-state index in [4.69, 9.17) is 10.9 Å². The molecule has 0 unspecified atom stereocenters. The monoisotopic (exact) mass is 291 g/mol. The van der Waals surface area contributed by atoms with E-state index in [1.165, 1.54) is 6.07 Å². The van der Waals surface area contributed by atoms with Crippen LogP contribution in [0.3, 0.4) is 0 Å². The van der Waals surface area contributed by atoms with E-state index in [1.54, 1.807) is 0 Å². The van der Waals surface area contributed by atoms with Crippen LogP contribution in [0, 0.1) is 5.82 Å². The summed E-state index contributed by atoms with van der Waals surface area (Å²) in [6.07, 6.45) is -4.30. The molecule has 2 rings (SSSR count). The maximum atomic E-state index is 13.4. The molecule has 8 heteroatoms. The molecular weight excluding hydrogens is 278 g/mol. The van der Waals surface area contributed by atoms with Gasteiger partial charge in [0, 0.05) is 12.1 Å². The summed E-state index contributed by atoms with van der Waals surface area (Å²) < 4.78 is 51.5. The lowest BCUT2D eigenvalue weighted by Crippen LogP contribution is -2.44. The molecule has 0 amide bonds. The molecule has 110 valence electrons. The zero-order chi connectivity index (χ0) is 15.0. The van der Waals surface area contributed by atoms with E-state index in [9.17, 15) is 17.6 Å². The SMILES string of the molecule is N/C(=N/O)c1cc(F)cc(CNC2(C(F)(F)F)CC2)c1. The average Bonchev–Trinajstić information content (AvgIpc) is 3.15. The first-order chi connectivity index (χ1) is 9.27. The summed E-state index contributed by atoms with van der Waals surface area (Å²) in [6, 6.07) is 3.51. The Morgan fingerprint density at radius 1 is 1.35 bits per heavy atom. The van der Waals surface area contributed by atoms with Gasteiger partial charge in [-0.15, -0.1) is 0 Å². The summed E-state index contributed by atoms with van der Waals surface area (Å²) in [7, 11) is 0. The van der Waals surface area contributed by atoms with Gasteiger partial charge < -0.3 is 10.9 Å². The lowest BCUT2D eigenvalue weighted by Gasteiger charge is -2.20. The molecule has 0 radical (unpaired) electrons. The maximum Gasteiger partial charge on any atom is 0.406 e. The number of amidine groups is 1. The number of nitrogens with zero attached hydrogens (tertiary/aromatic N) is 1. The van der Waals surface area contributed by atoms with Crippen LogP contribution in [0.25, 0.3) is 0 Å². The number of oxime groups is 1. The predicted molar refractivity (Wildman–Crippen MR) is 63.8 cm³/mol. The molecular formula is C12H13F4N3O. The second-order valence-corrected chi connectivity index (χ2v) is 4.77. The molecule has 1 fully saturated rings. The molecule has 0 aromatic heterocycles. The quantitative estimate of drug-likeness (QED) is 0.261. The molecule has 0 saturated heterocycles. The van der Waals surface area contributed by atoms with E-state index in [0.717, 1.165) is 12.1 Å². The number of benzene rings is 1. The number of nitrogens with one attached hydrogen (secondary N) is 1. The molecule has 1 aliphatic rings. The first kappa shape index (κ1) is 14.6. The standard InChI is InChI=1S/C12H13F4N3O/c13-9-4-7(3-8(5-9)10(17)19-20)6-18-11(1-2-11)12(14,15)16/h3-5,18,20H,1-2,6H2,(H2,17,19). The molecule has 1 aromatic rings. The predicted octanol–water partition coefficient (Wildman–Crippen LogP) is 2.10. The van der Waals surface area contributed by atoms with Crippen LogP contribution in [0.4, 0.5) is 17.6 Å². The average molecular weight is 291 g/mol. The Labute approximate surface area is 112 Å². The van der Waals surface area contributed by atoms with Crippen molar-refractivity contribution in [3.05, 3.63) is 35.1 Å². The fourth-order valence-electron chi connectivity index (χ4n) is 1.91. The summed E-state index contributed by atoms with van der Waals surface area (Å²) in [5.41, 5.74) is 3.87. The molecule has 1 saturated carbocycles. The van der Waals surface area contributed by atoms with Gasteiger partial charge >= 0.3 is 6.18 Å². The Balaban J connectivity index is 2.13. The van der Waals surface area contributed by atoms with Gasteiger partial charge in [-0.05, 0) is 36.6 Å². The van der Waals surface area contributed by atoms with Gasteiger partial charge in [0.2, 0.25) is 0 Å². The van der Waals surface area contributed by atoms with Gasteiger partial charge in [-0.25, -0.2) is 4.39 Å². The Morgan fingerprint density at radius 2 is 2.00 bits per heavy atom. The molecule has 0 heterocycles. The van der Waals surface area contributed by atoms with Crippen LogP contribution >= 0.6 is 0 Å². The molecule has 4 nitrogen and oxygen atoms in total. The molecule has 0 aliphatic heterocycles. The summed E-state index contributed by atoms with van der Waals surface area (Å²) in [5, 5.41) is 13.7. The van der Waals surface area contributed by atoms with Crippen molar-refractivity contribution in [2.24, 2.45) is 10.9 Å². The highest BCUT2D eigenvalue weighted by Crippen LogP contribution is 2.49. The highest BCUT2D eigenvalue weighted by molar-refractivity contribution is 5.97. The molecule has 0 bridgehead atoms. The van der Waals surface area contributed by atoms with Gasteiger partial charge in [-0.1, -0.05) is 5.16 Å². The smallest absolute Gasteiger partial charge is 0.406 e. The van der Waals surface area contributed by atoms with Crippen molar-refractivity contribution in [2.45, 2.75) is 31.1 Å². The zero-order valence-corrected chi connectivity index (χ0v) is 10.3. The number of hydrogen-bond donors (Lipinski definition) is 3. The largest absolute Gasteiger partial charge is 0.409 e. The summed E-state index contributed by atoms with van der Waals surface area (Å²) in [6.45, 7) is -0.150. The molecule has 4 N–H and O–H groups in total. The summed E-state index contributed by atoms with van der Waals surface area (Å²) in [5.74, 6) is -0.967. The minimum absolute atomic E-state index is 0.0128. The summed E-state index contributed by atoms with van der Waals surface area (Å²) >= 11 is 0. The van der Waals surface area contributed by atoms with Crippen LogP contribution in [0.2, 0.25) is 0 Å². The van der Waals surface area contributed by atoms with Crippen molar-refractivity contribution in [2.75, 3.05) is 0 Å². The van der Waals surface area contributed by atoms with E-state index in [-0.39, 0.29) is 30.8 Å². The van der Waals surface area contributed by atoms with Gasteiger partial charge in [0.05, 0.1) is 0 Å². The number of nitrogens with two attached hydrogens (primary N) is 1. The molecule has 0 spiro atoms. The van der Waals surface area contributed by atoms with Crippen molar-refractivity contribution < 1.29 is 22.8 Å². The maximum absolute atomic E-state index is 13.4. The van der Waals surface area contributed by atoms with E-state index in [2.05, 4.69) is 10.5 Å². The normalized spacial score (nSPS) is 18.1. The highest BCUT2D eigenvalue weighted by atomic mass is 19.4. The fourth-order valence-corrected chi connectivity index (χ4v) is 1.91. The van der Waals surface area contributed by atoms with Crippen LogP contribution < -0.4 is 11.1 Å². The minimum Gasteiger partial charge on any atom is -0.409 e. The lowest BCUT2D eigenvalue weighted by molar-refractivity contribution is -0.166. The van der Waals surface area contributed by atoms with Crippen molar-refractivity contribution >= 4 is 5.84 Å². The van der Waals surface area contributed by atoms with Gasteiger partial charge in [-0.2, -0.15) is 13.2 Å². The Hall–Kier alpha value is -1.83. The van der Waals surface area contributed by atoms with Crippen LogP contribution in [0.1, 0.15) is 24.0 Å². The van der Waals surface area contributed by atoms with Crippen LogP contribution in [-0.4, -0.2) is 22.8 Å². The molecule has 20 heavy (non-hydrogen) atoms. The Kier molecular flexibility index (Phi) is 3.59. The number of hydrogen-bond acceptors (Lipinski definition) is 3. The molecule has 1 aliphatic carbocycles. The van der Waals surface area contributed by atoms with E-state index in [1.807, 2.05) is 0 Å². The second kappa shape index (κ2) is 4.93.